The number of amides is 2. The Morgan fingerprint density at radius 3 is 2.15 bits per heavy atom. The van der Waals surface area contributed by atoms with E-state index in [0.717, 1.165) is 16.5 Å². The van der Waals surface area contributed by atoms with Crippen LogP contribution >= 0.6 is 0 Å². The smallest absolute Gasteiger partial charge is 0.325 e. The lowest BCUT2D eigenvalue weighted by atomic mass is 9.98. The molecule has 4 rings (SSSR count). The minimum absolute atomic E-state index is 0.0671. The van der Waals surface area contributed by atoms with Gasteiger partial charge in [-0.25, -0.2) is 9.69 Å². The number of phenols is 2. The fourth-order valence-corrected chi connectivity index (χ4v) is 6.49. The highest BCUT2D eigenvalue weighted by Gasteiger charge is 2.33. The quantitative estimate of drug-likeness (QED) is 0.252. The van der Waals surface area contributed by atoms with Gasteiger partial charge < -0.3 is 21.3 Å². The Labute approximate surface area is 229 Å². The molecule has 0 unspecified atom stereocenters. The molecule has 0 atom stereocenters. The third-order valence-corrected chi connectivity index (χ3v) is 9.16. The predicted molar refractivity (Wildman–Crippen MR) is 149 cm³/mol. The molecule has 2 aliphatic rings. The summed E-state index contributed by atoms with van der Waals surface area (Å²) in [5.74, 6) is -0.793. The van der Waals surface area contributed by atoms with Gasteiger partial charge in [0, 0.05) is 65.0 Å². The molecule has 2 aromatic rings. The van der Waals surface area contributed by atoms with Gasteiger partial charge in [0.2, 0.25) is 0 Å². The minimum Gasteiger partial charge on any atom is -0.508 e. The molecule has 6 N–H and O–H groups in total. The maximum Gasteiger partial charge on any atom is 0.325 e. The maximum absolute atomic E-state index is 12.9. The van der Waals surface area contributed by atoms with Crippen molar-refractivity contribution in [3.8, 4) is 11.5 Å². The Balaban J connectivity index is 1.42. The van der Waals surface area contributed by atoms with Crippen molar-refractivity contribution in [1.29, 1.82) is 5.41 Å². The van der Waals surface area contributed by atoms with Gasteiger partial charge in [0.15, 0.2) is 0 Å². The number of hydrogen-bond donors (Lipinski definition) is 5. The molecule has 0 aromatic heterocycles. The lowest BCUT2D eigenvalue weighted by molar-refractivity contribution is 0.173. The molecule has 2 saturated heterocycles. The van der Waals surface area contributed by atoms with E-state index in [1.165, 1.54) is 6.07 Å². The summed E-state index contributed by atoms with van der Waals surface area (Å²) in [7, 11) is -3.45. The molecule has 0 saturated carbocycles. The van der Waals surface area contributed by atoms with Gasteiger partial charge in [-0.1, -0.05) is 26.0 Å². The first kappa shape index (κ1) is 28.8. The summed E-state index contributed by atoms with van der Waals surface area (Å²) in [5, 5.41) is 32.3. The second-order valence-corrected chi connectivity index (χ2v) is 12.0. The van der Waals surface area contributed by atoms with Crippen LogP contribution < -0.4 is 16.0 Å². The second kappa shape index (κ2) is 11.9. The normalized spacial score (nSPS) is 17.8. The van der Waals surface area contributed by atoms with Crippen LogP contribution in [0.2, 0.25) is 0 Å². The SMILES string of the molecule is CC(C)c1cc(C(=N)N(C(N)=O)c2ccc(CN3CCN(S(=O)(=O)N4CCNCC4)CC3)cc2)c(O)cc1O. The zero-order valence-corrected chi connectivity index (χ0v) is 23.1. The van der Waals surface area contributed by atoms with Gasteiger partial charge in [0.1, 0.15) is 17.3 Å². The first-order valence-electron chi connectivity index (χ1n) is 13.0. The molecule has 13 heteroatoms. The average Bonchev–Trinajstić information content (AvgIpc) is 2.90. The van der Waals surface area contributed by atoms with Crippen LogP contribution in [0.25, 0.3) is 0 Å². The number of aromatic hydroxyl groups is 2. The van der Waals surface area contributed by atoms with Gasteiger partial charge in [-0.3, -0.25) is 10.3 Å². The van der Waals surface area contributed by atoms with Crippen LogP contribution in [0.5, 0.6) is 11.5 Å². The Morgan fingerprint density at radius 2 is 1.59 bits per heavy atom. The Kier molecular flexibility index (Phi) is 8.76. The van der Waals surface area contributed by atoms with Crippen molar-refractivity contribution in [2.24, 2.45) is 5.73 Å². The molecule has 2 fully saturated rings. The summed E-state index contributed by atoms with van der Waals surface area (Å²) >= 11 is 0. The number of piperazine rings is 2. The van der Waals surface area contributed by atoms with Crippen molar-refractivity contribution >= 4 is 27.8 Å². The molecule has 39 heavy (non-hydrogen) atoms. The molecule has 0 radical (unpaired) electrons. The fourth-order valence-electron chi connectivity index (χ4n) is 4.90. The molecule has 0 aliphatic carbocycles. The number of anilines is 1. The molecular weight excluding hydrogens is 522 g/mol. The summed E-state index contributed by atoms with van der Waals surface area (Å²) in [4.78, 5) is 15.5. The Bertz CT molecular complexity index is 1300. The van der Waals surface area contributed by atoms with E-state index in [-0.39, 0.29) is 28.8 Å². The van der Waals surface area contributed by atoms with Gasteiger partial charge >= 0.3 is 6.03 Å². The number of urea groups is 1. The van der Waals surface area contributed by atoms with Gasteiger partial charge in [0.25, 0.3) is 10.2 Å². The van der Waals surface area contributed by atoms with Gasteiger partial charge in [-0.15, -0.1) is 0 Å². The van der Waals surface area contributed by atoms with Crippen molar-refractivity contribution in [3.63, 3.8) is 0 Å². The van der Waals surface area contributed by atoms with Crippen LogP contribution in [0.4, 0.5) is 10.5 Å². The topological polar surface area (TPSA) is 167 Å². The first-order valence-corrected chi connectivity index (χ1v) is 14.4. The van der Waals surface area contributed by atoms with E-state index in [9.17, 15) is 23.4 Å². The molecule has 2 aromatic carbocycles. The maximum atomic E-state index is 12.9. The standard InChI is InChI=1S/C26H37N7O5S/c1-18(2)21-15-22(24(35)16-23(21)34)25(27)33(26(28)36)20-5-3-19(4-6-20)17-30-11-13-32(14-12-30)39(37,38)31-9-7-29-8-10-31/h3-6,15-16,18,27,29,34-35H,7-14,17H2,1-2H3,(H2,28,36). The van der Waals surface area contributed by atoms with Crippen molar-refractivity contribution in [1.82, 2.24) is 18.8 Å². The van der Waals surface area contributed by atoms with Crippen molar-refractivity contribution < 1.29 is 23.4 Å². The third-order valence-electron chi connectivity index (χ3n) is 7.13. The summed E-state index contributed by atoms with van der Waals surface area (Å²) < 4.78 is 28.9. The molecule has 12 nitrogen and oxygen atoms in total. The van der Waals surface area contributed by atoms with Gasteiger partial charge in [-0.2, -0.15) is 17.0 Å². The molecule has 0 bridgehead atoms. The number of rotatable bonds is 7. The summed E-state index contributed by atoms with van der Waals surface area (Å²) in [6.07, 6.45) is 0. The summed E-state index contributed by atoms with van der Waals surface area (Å²) in [5.41, 5.74) is 7.56. The second-order valence-electron chi connectivity index (χ2n) is 10.1. The fraction of sp³-hybridized carbons (Fsp3) is 0.462. The number of nitrogens with zero attached hydrogens (tertiary/aromatic N) is 4. The minimum atomic E-state index is -3.45. The monoisotopic (exact) mass is 559 g/mol. The summed E-state index contributed by atoms with van der Waals surface area (Å²) in [6, 6.07) is 8.80. The lowest BCUT2D eigenvalue weighted by Gasteiger charge is -2.37. The number of carbonyl (C=O) groups excluding carboxylic acids is 1. The number of nitrogens with two attached hydrogens (primary N) is 1. The van der Waals surface area contributed by atoms with Crippen molar-refractivity contribution in [2.45, 2.75) is 26.3 Å². The number of benzene rings is 2. The number of nitrogens with one attached hydrogen (secondary N) is 2. The highest BCUT2D eigenvalue weighted by molar-refractivity contribution is 7.86. The van der Waals surface area contributed by atoms with Crippen LogP contribution in [-0.4, -0.2) is 96.4 Å². The average molecular weight is 560 g/mol. The van der Waals surface area contributed by atoms with Crippen molar-refractivity contribution in [2.75, 3.05) is 57.3 Å². The predicted octanol–water partition coefficient (Wildman–Crippen LogP) is 1.40. The molecule has 212 valence electrons. The van der Waals surface area contributed by atoms with E-state index in [4.69, 9.17) is 11.1 Å². The lowest BCUT2D eigenvalue weighted by Crippen LogP contribution is -2.56. The number of hydrogen-bond acceptors (Lipinski definition) is 8. The number of phenolic OH excluding ortho intramolecular Hbond substituents is 2. The molecule has 2 aliphatic heterocycles. The third kappa shape index (κ3) is 6.34. The first-order chi connectivity index (χ1) is 18.5. The number of primary amides is 1. The van der Waals surface area contributed by atoms with Crippen LogP contribution in [0, 0.1) is 5.41 Å². The summed E-state index contributed by atoms with van der Waals surface area (Å²) in [6.45, 7) is 8.69. The molecule has 2 amide bonds. The number of amidine groups is 1. The van der Waals surface area contributed by atoms with E-state index in [2.05, 4.69) is 10.2 Å². The van der Waals surface area contributed by atoms with E-state index >= 15 is 0 Å². The largest absolute Gasteiger partial charge is 0.508 e. The highest BCUT2D eigenvalue weighted by atomic mass is 32.2. The van der Waals surface area contributed by atoms with Crippen LogP contribution in [0.1, 0.15) is 36.5 Å². The van der Waals surface area contributed by atoms with E-state index in [1.807, 2.05) is 26.0 Å². The molecule has 2 heterocycles. The number of carbonyl (C=O) groups is 1. The molecule has 0 spiro atoms. The van der Waals surface area contributed by atoms with E-state index in [0.29, 0.717) is 70.2 Å². The van der Waals surface area contributed by atoms with E-state index in [1.54, 1.807) is 20.7 Å². The zero-order chi connectivity index (χ0) is 28.3. The van der Waals surface area contributed by atoms with E-state index < -0.39 is 16.2 Å². The van der Waals surface area contributed by atoms with Crippen LogP contribution in [-0.2, 0) is 16.8 Å². The van der Waals surface area contributed by atoms with Gasteiger partial charge in [-0.05, 0) is 35.2 Å². The Hall–Kier alpha value is -3.23. The zero-order valence-electron chi connectivity index (χ0n) is 22.3. The van der Waals surface area contributed by atoms with Crippen molar-refractivity contribution in [3.05, 3.63) is 53.1 Å². The highest BCUT2D eigenvalue weighted by Crippen LogP contribution is 2.33. The van der Waals surface area contributed by atoms with Crippen LogP contribution in [0.15, 0.2) is 36.4 Å². The van der Waals surface area contributed by atoms with Crippen LogP contribution in [0.3, 0.4) is 0 Å². The Morgan fingerprint density at radius 1 is 1.00 bits per heavy atom. The molecular formula is C26H37N7O5S. The van der Waals surface area contributed by atoms with Gasteiger partial charge in [0.05, 0.1) is 11.3 Å².